The number of anilines is 2. The lowest BCUT2D eigenvalue weighted by molar-refractivity contribution is 0.256. The Labute approximate surface area is 144 Å². The summed E-state index contributed by atoms with van der Waals surface area (Å²) in [5.74, 6) is 0.601. The summed E-state index contributed by atoms with van der Waals surface area (Å²) in [6.07, 6.45) is 0. The molecular weight excluding hydrogens is 328 g/mol. The number of nitrogens with zero attached hydrogens (tertiary/aromatic N) is 3. The number of ether oxygens (including phenoxy) is 1. The number of aryl methyl sites for hydroxylation is 2. The molecule has 124 valence electrons. The lowest BCUT2D eigenvalue weighted by atomic mass is 10.1. The van der Waals surface area contributed by atoms with Gasteiger partial charge in [-0.1, -0.05) is 11.6 Å². The van der Waals surface area contributed by atoms with E-state index in [1.807, 2.05) is 32.2 Å². The molecule has 0 aliphatic heterocycles. The molecule has 1 aromatic heterocycles. The first-order valence-corrected chi connectivity index (χ1v) is 7.66. The van der Waals surface area contributed by atoms with Gasteiger partial charge in [0.25, 0.3) is 0 Å². The number of methoxy groups -OCH3 is 1. The van der Waals surface area contributed by atoms with Crippen molar-refractivity contribution in [1.29, 1.82) is 0 Å². The lowest BCUT2D eigenvalue weighted by Crippen LogP contribution is -2.31. The quantitative estimate of drug-likeness (QED) is 0.786. The number of urea groups is 1. The summed E-state index contributed by atoms with van der Waals surface area (Å²) in [6.45, 7) is 1.99. The molecule has 3 aromatic rings. The van der Waals surface area contributed by atoms with Crippen LogP contribution in [0.25, 0.3) is 10.9 Å². The summed E-state index contributed by atoms with van der Waals surface area (Å²) in [4.78, 5) is 13.4. The topological polar surface area (TPSA) is 73.4 Å². The molecule has 2 aromatic carbocycles. The standard InChI is InChI=1S/C17H17ClN4O2/c1-10-13-6-4-11(8-15(13)20-21(10)2)22(17(19)23)16-7-5-12(24-3)9-14(16)18/h4-9H,1-3H3,(H2,19,23). The number of benzene rings is 2. The summed E-state index contributed by atoms with van der Waals surface area (Å²) < 4.78 is 6.93. The van der Waals surface area contributed by atoms with Gasteiger partial charge in [0.1, 0.15) is 5.75 Å². The number of primary amides is 1. The van der Waals surface area contributed by atoms with Crippen molar-refractivity contribution in [3.8, 4) is 5.75 Å². The van der Waals surface area contributed by atoms with Gasteiger partial charge in [-0.25, -0.2) is 4.79 Å². The summed E-state index contributed by atoms with van der Waals surface area (Å²) in [7, 11) is 3.43. The van der Waals surface area contributed by atoms with Crippen molar-refractivity contribution < 1.29 is 9.53 Å². The fraction of sp³-hybridized carbons (Fsp3) is 0.176. The monoisotopic (exact) mass is 344 g/mol. The fourth-order valence-electron chi connectivity index (χ4n) is 2.64. The average Bonchev–Trinajstić information content (AvgIpc) is 2.83. The molecule has 0 bridgehead atoms. The number of amides is 2. The highest BCUT2D eigenvalue weighted by Crippen LogP contribution is 2.35. The molecule has 0 unspecified atom stereocenters. The van der Waals surface area contributed by atoms with Gasteiger partial charge in [-0.05, 0) is 37.3 Å². The molecule has 24 heavy (non-hydrogen) atoms. The van der Waals surface area contributed by atoms with E-state index in [4.69, 9.17) is 22.1 Å². The summed E-state index contributed by atoms with van der Waals surface area (Å²) in [6, 6.07) is 9.97. The molecule has 2 amide bonds. The minimum Gasteiger partial charge on any atom is -0.497 e. The van der Waals surface area contributed by atoms with E-state index in [0.29, 0.717) is 22.1 Å². The third-order valence-electron chi connectivity index (χ3n) is 3.99. The first-order valence-electron chi connectivity index (χ1n) is 7.29. The number of carbonyl (C=O) groups is 1. The van der Waals surface area contributed by atoms with Crippen molar-refractivity contribution in [2.45, 2.75) is 6.92 Å². The van der Waals surface area contributed by atoms with Crippen LogP contribution in [-0.2, 0) is 7.05 Å². The molecule has 0 fully saturated rings. The molecule has 1 heterocycles. The Morgan fingerprint density at radius 3 is 2.67 bits per heavy atom. The van der Waals surface area contributed by atoms with Crippen LogP contribution in [0.3, 0.4) is 0 Å². The maximum atomic E-state index is 12.0. The number of nitrogens with two attached hydrogens (primary N) is 1. The summed E-state index contributed by atoms with van der Waals surface area (Å²) in [5.41, 5.74) is 8.50. The van der Waals surface area contributed by atoms with E-state index in [0.717, 1.165) is 16.6 Å². The maximum absolute atomic E-state index is 12.0. The second-order valence-electron chi connectivity index (χ2n) is 5.40. The van der Waals surface area contributed by atoms with Crippen molar-refractivity contribution in [2.75, 3.05) is 12.0 Å². The van der Waals surface area contributed by atoms with E-state index in [1.165, 1.54) is 4.90 Å². The Balaban J connectivity index is 2.13. The molecule has 0 aliphatic rings. The van der Waals surface area contributed by atoms with Gasteiger partial charge in [-0.3, -0.25) is 9.58 Å². The van der Waals surface area contributed by atoms with Crippen LogP contribution in [0.2, 0.25) is 5.02 Å². The molecule has 2 N–H and O–H groups in total. The number of hydrogen-bond donors (Lipinski definition) is 1. The van der Waals surface area contributed by atoms with Crippen LogP contribution in [0.15, 0.2) is 36.4 Å². The smallest absolute Gasteiger partial charge is 0.323 e. The maximum Gasteiger partial charge on any atom is 0.323 e. The molecule has 0 saturated heterocycles. The van der Waals surface area contributed by atoms with Crippen LogP contribution in [0.4, 0.5) is 16.2 Å². The van der Waals surface area contributed by atoms with Crippen LogP contribution in [-0.4, -0.2) is 22.9 Å². The Morgan fingerprint density at radius 1 is 1.29 bits per heavy atom. The van der Waals surface area contributed by atoms with E-state index in [2.05, 4.69) is 5.10 Å². The molecule has 0 spiro atoms. The number of rotatable bonds is 3. The zero-order valence-corrected chi connectivity index (χ0v) is 14.3. The number of fused-ring (bicyclic) bond motifs is 1. The summed E-state index contributed by atoms with van der Waals surface area (Å²) in [5, 5.41) is 5.83. The molecule has 7 heteroatoms. The van der Waals surface area contributed by atoms with E-state index in [-0.39, 0.29) is 0 Å². The third kappa shape index (κ3) is 2.65. The van der Waals surface area contributed by atoms with Crippen LogP contribution in [0.5, 0.6) is 5.75 Å². The van der Waals surface area contributed by atoms with Gasteiger partial charge >= 0.3 is 6.03 Å². The normalized spacial score (nSPS) is 10.8. The number of hydrogen-bond acceptors (Lipinski definition) is 3. The first kappa shape index (κ1) is 16.1. The van der Waals surface area contributed by atoms with Crippen molar-refractivity contribution in [1.82, 2.24) is 9.78 Å². The zero-order valence-electron chi connectivity index (χ0n) is 13.6. The largest absolute Gasteiger partial charge is 0.497 e. The Morgan fingerprint density at radius 2 is 2.04 bits per heavy atom. The van der Waals surface area contributed by atoms with Crippen molar-refractivity contribution in [3.63, 3.8) is 0 Å². The SMILES string of the molecule is COc1ccc(N(C(N)=O)c2ccc3c(C)n(C)nc3c2)c(Cl)c1. The number of carbonyl (C=O) groups excluding carboxylic acids is 1. The van der Waals surface area contributed by atoms with Crippen molar-refractivity contribution in [3.05, 3.63) is 47.1 Å². The lowest BCUT2D eigenvalue weighted by Gasteiger charge is -2.22. The summed E-state index contributed by atoms with van der Waals surface area (Å²) >= 11 is 6.30. The highest BCUT2D eigenvalue weighted by atomic mass is 35.5. The van der Waals surface area contributed by atoms with Crippen LogP contribution in [0.1, 0.15) is 5.69 Å². The van der Waals surface area contributed by atoms with Crippen molar-refractivity contribution >= 4 is 39.9 Å². The van der Waals surface area contributed by atoms with Gasteiger partial charge in [0.2, 0.25) is 0 Å². The predicted octanol–water partition coefficient (Wildman–Crippen LogP) is 3.76. The van der Waals surface area contributed by atoms with Gasteiger partial charge in [-0.2, -0.15) is 5.10 Å². The van der Waals surface area contributed by atoms with Crippen LogP contribution >= 0.6 is 11.6 Å². The Hall–Kier alpha value is -2.73. The van der Waals surface area contributed by atoms with Crippen LogP contribution in [0, 0.1) is 6.92 Å². The Bertz CT molecular complexity index is 936. The predicted molar refractivity (Wildman–Crippen MR) is 95.2 cm³/mol. The molecular formula is C17H17ClN4O2. The number of halogens is 1. The molecule has 0 saturated carbocycles. The highest BCUT2D eigenvalue weighted by Gasteiger charge is 2.19. The van der Waals surface area contributed by atoms with E-state index in [9.17, 15) is 4.79 Å². The van der Waals surface area contributed by atoms with Crippen molar-refractivity contribution in [2.24, 2.45) is 12.8 Å². The van der Waals surface area contributed by atoms with Gasteiger partial charge in [0.15, 0.2) is 0 Å². The molecule has 0 aliphatic carbocycles. The van der Waals surface area contributed by atoms with E-state index < -0.39 is 6.03 Å². The second kappa shape index (κ2) is 6.05. The Kier molecular flexibility index (Phi) is 4.07. The minimum atomic E-state index is -0.630. The van der Waals surface area contributed by atoms with Gasteiger partial charge in [-0.15, -0.1) is 0 Å². The van der Waals surface area contributed by atoms with Gasteiger partial charge < -0.3 is 10.5 Å². The van der Waals surface area contributed by atoms with Gasteiger partial charge in [0.05, 0.1) is 29.0 Å². The average molecular weight is 345 g/mol. The van der Waals surface area contributed by atoms with Gasteiger partial charge in [0, 0.05) is 24.2 Å². The molecule has 0 radical (unpaired) electrons. The molecule has 6 nitrogen and oxygen atoms in total. The molecule has 3 rings (SSSR count). The number of aromatic nitrogens is 2. The zero-order chi connectivity index (χ0) is 17.4. The first-order chi connectivity index (χ1) is 11.4. The molecule has 0 atom stereocenters. The minimum absolute atomic E-state index is 0.366. The van der Waals surface area contributed by atoms with Crippen LogP contribution < -0.4 is 15.4 Å². The fourth-order valence-corrected chi connectivity index (χ4v) is 2.89. The third-order valence-corrected chi connectivity index (χ3v) is 4.29. The second-order valence-corrected chi connectivity index (χ2v) is 5.81. The van der Waals surface area contributed by atoms with E-state index in [1.54, 1.807) is 30.0 Å². The van der Waals surface area contributed by atoms with E-state index >= 15 is 0 Å². The highest BCUT2D eigenvalue weighted by molar-refractivity contribution is 6.34.